The van der Waals surface area contributed by atoms with Gasteiger partial charge in [-0.2, -0.15) is 0 Å². The topological polar surface area (TPSA) is 57.5 Å². The fourth-order valence-electron chi connectivity index (χ4n) is 8.06. The molecule has 0 radical (unpaired) electrons. The molecule has 0 spiro atoms. The highest BCUT2D eigenvalue weighted by atomic mass is 16.3. The molecule has 0 bridgehead atoms. The van der Waals surface area contributed by atoms with Crippen molar-refractivity contribution in [3.05, 3.63) is 0 Å². The summed E-state index contributed by atoms with van der Waals surface area (Å²) >= 11 is 0. The number of hydrogen-bond donors (Lipinski definition) is 2. The van der Waals surface area contributed by atoms with Gasteiger partial charge in [0.15, 0.2) is 0 Å². The summed E-state index contributed by atoms with van der Waals surface area (Å²) in [5.74, 6) is 3.76. The van der Waals surface area contributed by atoms with Crippen LogP contribution >= 0.6 is 0 Å². The van der Waals surface area contributed by atoms with Crippen LogP contribution in [0.1, 0.15) is 106 Å². The Hall–Kier alpha value is -0.410. The first-order valence-electron chi connectivity index (χ1n) is 13.4. The SMILES string of the molecule is CC(C)CCC[C@@H](C)[C@H](C)CCC1C2C(CC[C@H]1C)[C@@]1(C)CC[C@H](O)C[C@@]1(O)[C@@H]2C=O. The third-order valence-corrected chi connectivity index (χ3v) is 10.5. The Morgan fingerprint density at radius 3 is 2.35 bits per heavy atom. The van der Waals surface area contributed by atoms with Crippen LogP contribution in [0.15, 0.2) is 0 Å². The summed E-state index contributed by atoms with van der Waals surface area (Å²) in [6.07, 6.45) is 11.3. The van der Waals surface area contributed by atoms with Gasteiger partial charge in [-0.05, 0) is 67.1 Å². The van der Waals surface area contributed by atoms with Gasteiger partial charge in [-0.3, -0.25) is 0 Å². The lowest BCUT2D eigenvalue weighted by Gasteiger charge is -2.50. The molecule has 3 fully saturated rings. The highest BCUT2D eigenvalue weighted by Crippen LogP contribution is 2.67. The van der Waals surface area contributed by atoms with Crippen LogP contribution in [0.25, 0.3) is 0 Å². The minimum Gasteiger partial charge on any atom is -0.393 e. The summed E-state index contributed by atoms with van der Waals surface area (Å²) in [7, 11) is 0. The molecule has 3 aliphatic carbocycles. The maximum Gasteiger partial charge on any atom is 0.126 e. The summed E-state index contributed by atoms with van der Waals surface area (Å²) in [5, 5.41) is 22.2. The normalized spacial score (nSPS) is 44.5. The van der Waals surface area contributed by atoms with Crippen LogP contribution in [0, 0.1) is 52.8 Å². The molecule has 3 unspecified atom stereocenters. The second-order valence-electron chi connectivity index (χ2n) is 12.7. The second kappa shape index (κ2) is 9.84. The van der Waals surface area contributed by atoms with Crippen molar-refractivity contribution in [1.82, 2.24) is 0 Å². The van der Waals surface area contributed by atoms with E-state index in [1.54, 1.807) is 0 Å². The summed E-state index contributed by atoms with van der Waals surface area (Å²) in [6, 6.07) is 0. The maximum absolute atomic E-state index is 12.4. The molecule has 2 N–H and O–H groups in total. The first kappa shape index (κ1) is 25.2. The van der Waals surface area contributed by atoms with Crippen LogP contribution < -0.4 is 0 Å². The van der Waals surface area contributed by atoms with E-state index in [0.717, 1.165) is 37.4 Å². The van der Waals surface area contributed by atoms with Gasteiger partial charge in [0.1, 0.15) is 6.29 Å². The molecule has 3 nitrogen and oxygen atoms in total. The van der Waals surface area contributed by atoms with Gasteiger partial charge in [0.05, 0.1) is 11.7 Å². The zero-order valence-corrected chi connectivity index (χ0v) is 21.1. The second-order valence-corrected chi connectivity index (χ2v) is 12.7. The zero-order chi connectivity index (χ0) is 23.0. The lowest BCUT2D eigenvalue weighted by Crippen LogP contribution is -2.54. The molecule has 3 aliphatic rings. The lowest BCUT2D eigenvalue weighted by atomic mass is 9.57. The van der Waals surface area contributed by atoms with Gasteiger partial charge in [0.2, 0.25) is 0 Å². The van der Waals surface area contributed by atoms with Gasteiger partial charge in [0.25, 0.3) is 0 Å². The van der Waals surface area contributed by atoms with E-state index in [9.17, 15) is 15.0 Å². The molecule has 3 rings (SSSR count). The van der Waals surface area contributed by atoms with Gasteiger partial charge < -0.3 is 15.0 Å². The van der Waals surface area contributed by atoms with Crippen molar-refractivity contribution in [2.24, 2.45) is 52.8 Å². The number of aldehydes is 1. The van der Waals surface area contributed by atoms with Crippen LogP contribution in [0.3, 0.4) is 0 Å². The van der Waals surface area contributed by atoms with E-state index in [2.05, 4.69) is 41.5 Å². The van der Waals surface area contributed by atoms with Gasteiger partial charge >= 0.3 is 0 Å². The molecule has 0 aromatic heterocycles. The van der Waals surface area contributed by atoms with Crippen LogP contribution in [0.5, 0.6) is 0 Å². The van der Waals surface area contributed by atoms with E-state index < -0.39 is 11.7 Å². The van der Waals surface area contributed by atoms with Crippen LogP contribution in [-0.4, -0.2) is 28.2 Å². The molecule has 0 aromatic carbocycles. The number of carbonyl (C=O) groups is 1. The molecular formula is C28H50O3. The molecule has 0 aliphatic heterocycles. The van der Waals surface area contributed by atoms with Crippen molar-refractivity contribution in [2.45, 2.75) is 117 Å². The average molecular weight is 435 g/mol. The standard InChI is InChI=1S/C28H50O3/c1-18(2)8-7-9-19(3)20(4)10-12-23-21(5)11-13-24-26(23)25(17-29)28(31)16-22(30)14-15-27(24,28)6/h17-26,30-31H,7-16H2,1-6H3/t19-,20-,21-,22+,23?,24?,25-,26?,27-,28-/m1/s1. The number of rotatable bonds is 9. The molecule has 3 heteroatoms. The van der Waals surface area contributed by atoms with Crippen molar-refractivity contribution in [3.8, 4) is 0 Å². The van der Waals surface area contributed by atoms with Crippen LogP contribution in [-0.2, 0) is 4.79 Å². The Balaban J connectivity index is 1.72. The monoisotopic (exact) mass is 434 g/mol. The van der Waals surface area contributed by atoms with Gasteiger partial charge in [-0.15, -0.1) is 0 Å². The predicted octanol–water partition coefficient (Wildman–Crippen LogP) is 6.25. The molecule has 31 heavy (non-hydrogen) atoms. The molecule has 0 saturated heterocycles. The summed E-state index contributed by atoms with van der Waals surface area (Å²) in [4.78, 5) is 12.4. The number of hydrogen-bond acceptors (Lipinski definition) is 3. The largest absolute Gasteiger partial charge is 0.393 e. The lowest BCUT2D eigenvalue weighted by molar-refractivity contribution is -0.156. The van der Waals surface area contributed by atoms with Crippen LogP contribution in [0.2, 0.25) is 0 Å². The summed E-state index contributed by atoms with van der Waals surface area (Å²) in [6.45, 7) is 14.1. The van der Waals surface area contributed by atoms with Crippen molar-refractivity contribution in [2.75, 3.05) is 0 Å². The Morgan fingerprint density at radius 2 is 1.71 bits per heavy atom. The fourth-order valence-corrected chi connectivity index (χ4v) is 8.06. The minimum atomic E-state index is -1.03. The average Bonchev–Trinajstić information content (AvgIpc) is 2.89. The Morgan fingerprint density at radius 1 is 1.03 bits per heavy atom. The van der Waals surface area contributed by atoms with Crippen molar-refractivity contribution < 1.29 is 15.0 Å². The van der Waals surface area contributed by atoms with E-state index in [-0.39, 0.29) is 17.3 Å². The van der Waals surface area contributed by atoms with Gasteiger partial charge in [0, 0.05) is 17.8 Å². The highest BCUT2D eigenvalue weighted by Gasteiger charge is 2.69. The fraction of sp³-hybridized carbons (Fsp3) is 0.964. The van der Waals surface area contributed by atoms with E-state index in [1.807, 2.05) is 0 Å². The molecular weight excluding hydrogens is 384 g/mol. The van der Waals surface area contributed by atoms with Crippen molar-refractivity contribution in [3.63, 3.8) is 0 Å². The molecule has 0 heterocycles. The first-order valence-corrected chi connectivity index (χ1v) is 13.4. The molecule has 180 valence electrons. The highest BCUT2D eigenvalue weighted by molar-refractivity contribution is 5.59. The zero-order valence-electron chi connectivity index (χ0n) is 21.1. The first-order chi connectivity index (χ1) is 14.5. The summed E-state index contributed by atoms with van der Waals surface area (Å²) in [5.41, 5.74) is -1.25. The number of carbonyl (C=O) groups excluding carboxylic acids is 1. The Bertz CT molecular complexity index is 603. The predicted molar refractivity (Wildman–Crippen MR) is 128 cm³/mol. The van der Waals surface area contributed by atoms with Crippen LogP contribution in [0.4, 0.5) is 0 Å². The Labute approximate surface area is 191 Å². The van der Waals surface area contributed by atoms with Gasteiger partial charge in [-0.1, -0.05) is 73.6 Å². The number of aliphatic hydroxyl groups excluding tert-OH is 1. The van der Waals surface area contributed by atoms with E-state index in [0.29, 0.717) is 30.1 Å². The van der Waals surface area contributed by atoms with E-state index in [1.165, 1.54) is 38.5 Å². The minimum absolute atomic E-state index is 0.226. The molecule has 0 amide bonds. The number of fused-ring (bicyclic) bond motifs is 3. The Kier molecular flexibility index (Phi) is 8.00. The molecule has 0 aromatic rings. The van der Waals surface area contributed by atoms with E-state index >= 15 is 0 Å². The van der Waals surface area contributed by atoms with E-state index in [4.69, 9.17) is 0 Å². The van der Waals surface area contributed by atoms with Crippen molar-refractivity contribution >= 4 is 6.29 Å². The van der Waals surface area contributed by atoms with Gasteiger partial charge in [-0.25, -0.2) is 0 Å². The maximum atomic E-state index is 12.4. The van der Waals surface area contributed by atoms with Crippen molar-refractivity contribution in [1.29, 1.82) is 0 Å². The summed E-state index contributed by atoms with van der Waals surface area (Å²) < 4.78 is 0. The molecule has 10 atom stereocenters. The smallest absolute Gasteiger partial charge is 0.126 e. The third kappa shape index (κ3) is 4.65. The molecule has 3 saturated carbocycles. The third-order valence-electron chi connectivity index (χ3n) is 10.5. The number of aliphatic hydroxyl groups is 2. The quantitative estimate of drug-likeness (QED) is 0.421.